The molecule has 2 aromatic rings. The zero-order valence-electron chi connectivity index (χ0n) is 18.3. The maximum Gasteiger partial charge on any atom is 0.260 e. The second-order valence-electron chi connectivity index (χ2n) is 7.16. The molecule has 1 amide bonds. The van der Waals surface area contributed by atoms with Crippen molar-refractivity contribution in [3.63, 3.8) is 0 Å². The van der Waals surface area contributed by atoms with Gasteiger partial charge in [0, 0.05) is 44.4 Å². The van der Waals surface area contributed by atoms with E-state index in [0.717, 1.165) is 5.56 Å². The van der Waals surface area contributed by atoms with Gasteiger partial charge in [-0.25, -0.2) is 0 Å². The molecule has 0 saturated carbocycles. The third-order valence-electron chi connectivity index (χ3n) is 5.18. The third-order valence-corrected chi connectivity index (χ3v) is 5.18. The summed E-state index contributed by atoms with van der Waals surface area (Å²) in [6, 6.07) is 5.15. The quantitative estimate of drug-likeness (QED) is 0.623. The first kappa shape index (κ1) is 22.5. The van der Waals surface area contributed by atoms with Gasteiger partial charge in [-0.05, 0) is 13.0 Å². The molecule has 1 aliphatic rings. The molecular weight excluding hydrogens is 404 g/mol. The van der Waals surface area contributed by atoms with Gasteiger partial charge >= 0.3 is 0 Å². The third kappa shape index (κ3) is 5.29. The van der Waals surface area contributed by atoms with Gasteiger partial charge < -0.3 is 28.3 Å². The van der Waals surface area contributed by atoms with Gasteiger partial charge in [-0.1, -0.05) is 6.07 Å². The van der Waals surface area contributed by atoms with Gasteiger partial charge in [0.15, 0.2) is 18.1 Å². The van der Waals surface area contributed by atoms with E-state index in [4.69, 9.17) is 23.4 Å². The lowest BCUT2D eigenvalue weighted by Crippen LogP contribution is -2.49. The molecule has 0 unspecified atom stereocenters. The number of methoxy groups -OCH3 is 3. The van der Waals surface area contributed by atoms with E-state index < -0.39 is 0 Å². The zero-order chi connectivity index (χ0) is 22.4. The number of carbonyl (C=O) groups excluding carboxylic acids is 1. The van der Waals surface area contributed by atoms with Crippen LogP contribution >= 0.6 is 0 Å². The number of ether oxygens (including phenoxy) is 4. The number of rotatable bonds is 8. The lowest BCUT2D eigenvalue weighted by atomic mass is 10.1. The highest BCUT2D eigenvalue weighted by Gasteiger charge is 2.24. The smallest absolute Gasteiger partial charge is 0.260 e. The SMILES string of the molecule is COc1ccc(CN2CCN(C(=O)COc3coc(C)cc3=O)CC2)c(OC)c1OC. The van der Waals surface area contributed by atoms with Gasteiger partial charge in [-0.3, -0.25) is 14.5 Å². The highest BCUT2D eigenvalue weighted by atomic mass is 16.5. The Kier molecular flexibility index (Phi) is 7.41. The molecule has 1 fully saturated rings. The molecule has 0 aliphatic carbocycles. The Hall–Kier alpha value is -3.20. The predicted molar refractivity (Wildman–Crippen MR) is 113 cm³/mol. The normalized spacial score (nSPS) is 14.3. The van der Waals surface area contributed by atoms with Crippen molar-refractivity contribution in [1.82, 2.24) is 9.80 Å². The zero-order valence-corrected chi connectivity index (χ0v) is 18.3. The fourth-order valence-electron chi connectivity index (χ4n) is 3.51. The first-order chi connectivity index (χ1) is 15.0. The average molecular weight is 432 g/mol. The van der Waals surface area contributed by atoms with Crippen molar-refractivity contribution in [2.45, 2.75) is 13.5 Å². The number of benzene rings is 1. The highest BCUT2D eigenvalue weighted by molar-refractivity contribution is 5.77. The fourth-order valence-corrected chi connectivity index (χ4v) is 3.51. The predicted octanol–water partition coefficient (Wildman–Crippen LogP) is 1.70. The molecule has 9 nitrogen and oxygen atoms in total. The molecule has 0 atom stereocenters. The van der Waals surface area contributed by atoms with E-state index in [1.165, 1.54) is 12.3 Å². The van der Waals surface area contributed by atoms with E-state index in [2.05, 4.69) is 4.90 Å². The number of carbonyl (C=O) groups is 1. The van der Waals surface area contributed by atoms with E-state index in [1.807, 2.05) is 12.1 Å². The van der Waals surface area contributed by atoms with Crippen LogP contribution in [0.3, 0.4) is 0 Å². The van der Waals surface area contributed by atoms with Gasteiger partial charge in [0.05, 0.1) is 21.3 Å². The molecule has 9 heteroatoms. The standard InChI is InChI=1S/C22H28N2O7/c1-15-11-17(25)19(13-30-15)31-14-20(26)24-9-7-23(8-10-24)12-16-5-6-18(27-2)22(29-4)21(16)28-3/h5-6,11,13H,7-10,12,14H2,1-4H3. The summed E-state index contributed by atoms with van der Waals surface area (Å²) in [6.45, 7) is 4.68. The van der Waals surface area contributed by atoms with E-state index >= 15 is 0 Å². The molecular formula is C22H28N2O7. The number of piperazine rings is 1. The first-order valence-corrected chi connectivity index (χ1v) is 9.97. The Labute approximate surface area is 181 Å². The summed E-state index contributed by atoms with van der Waals surface area (Å²) < 4.78 is 26.8. The molecule has 168 valence electrons. The molecule has 0 bridgehead atoms. The number of amides is 1. The Bertz CT molecular complexity index is 965. The van der Waals surface area contributed by atoms with Crippen molar-refractivity contribution in [2.75, 3.05) is 54.1 Å². The van der Waals surface area contributed by atoms with Crippen LogP contribution in [0.1, 0.15) is 11.3 Å². The lowest BCUT2D eigenvalue weighted by molar-refractivity contribution is -0.135. The lowest BCUT2D eigenvalue weighted by Gasteiger charge is -2.35. The molecule has 31 heavy (non-hydrogen) atoms. The van der Waals surface area contributed by atoms with Crippen LogP contribution in [0.4, 0.5) is 0 Å². The number of nitrogens with zero attached hydrogens (tertiary/aromatic N) is 2. The summed E-state index contributed by atoms with van der Waals surface area (Å²) in [6.07, 6.45) is 1.24. The van der Waals surface area contributed by atoms with Gasteiger partial charge in [-0.15, -0.1) is 0 Å². The number of aryl methyl sites for hydroxylation is 1. The number of hydrogen-bond donors (Lipinski definition) is 0. The van der Waals surface area contributed by atoms with Crippen molar-refractivity contribution >= 4 is 5.91 Å². The van der Waals surface area contributed by atoms with Crippen LogP contribution in [0.2, 0.25) is 0 Å². The van der Waals surface area contributed by atoms with Crippen LogP contribution in [-0.4, -0.2) is 69.8 Å². The fraction of sp³-hybridized carbons (Fsp3) is 0.455. The molecule has 1 aromatic heterocycles. The Balaban J connectivity index is 1.55. The van der Waals surface area contributed by atoms with Crippen molar-refractivity contribution < 1.29 is 28.2 Å². The number of hydrogen-bond acceptors (Lipinski definition) is 8. The maximum atomic E-state index is 12.5. The van der Waals surface area contributed by atoms with E-state index in [0.29, 0.717) is 55.7 Å². The van der Waals surface area contributed by atoms with Crippen LogP contribution in [0.25, 0.3) is 0 Å². The molecule has 1 aliphatic heterocycles. The molecule has 1 aromatic carbocycles. The topological polar surface area (TPSA) is 90.7 Å². The van der Waals surface area contributed by atoms with Crippen LogP contribution in [0, 0.1) is 6.92 Å². The minimum Gasteiger partial charge on any atom is -0.493 e. The van der Waals surface area contributed by atoms with E-state index in [1.54, 1.807) is 33.2 Å². The van der Waals surface area contributed by atoms with Gasteiger partial charge in [0.1, 0.15) is 12.0 Å². The van der Waals surface area contributed by atoms with Crippen LogP contribution < -0.4 is 24.4 Å². The summed E-state index contributed by atoms with van der Waals surface area (Å²) in [5.41, 5.74) is 0.680. The second-order valence-corrected chi connectivity index (χ2v) is 7.16. The van der Waals surface area contributed by atoms with Crippen molar-refractivity contribution in [2.24, 2.45) is 0 Å². The summed E-state index contributed by atoms with van der Waals surface area (Å²) in [5.74, 6) is 2.19. The minimum absolute atomic E-state index is 0.0399. The largest absolute Gasteiger partial charge is 0.493 e. The summed E-state index contributed by atoms with van der Waals surface area (Å²) in [5, 5.41) is 0. The average Bonchev–Trinajstić information content (AvgIpc) is 2.78. The Morgan fingerprint density at radius 1 is 1.00 bits per heavy atom. The van der Waals surface area contributed by atoms with Crippen LogP contribution in [-0.2, 0) is 11.3 Å². The first-order valence-electron chi connectivity index (χ1n) is 9.97. The van der Waals surface area contributed by atoms with Crippen molar-refractivity contribution in [3.8, 4) is 23.0 Å². The van der Waals surface area contributed by atoms with Crippen molar-refractivity contribution in [3.05, 3.63) is 46.0 Å². The maximum absolute atomic E-state index is 12.5. The molecule has 1 saturated heterocycles. The monoisotopic (exact) mass is 432 g/mol. The molecule has 0 N–H and O–H groups in total. The minimum atomic E-state index is -0.301. The molecule has 3 rings (SSSR count). The Morgan fingerprint density at radius 2 is 1.71 bits per heavy atom. The Morgan fingerprint density at radius 3 is 2.32 bits per heavy atom. The van der Waals surface area contributed by atoms with Gasteiger partial charge in [0.2, 0.25) is 16.9 Å². The molecule has 2 heterocycles. The van der Waals surface area contributed by atoms with Gasteiger partial charge in [-0.2, -0.15) is 0 Å². The summed E-state index contributed by atoms with van der Waals surface area (Å²) in [4.78, 5) is 28.3. The molecule has 0 radical (unpaired) electrons. The van der Waals surface area contributed by atoms with Crippen LogP contribution in [0.5, 0.6) is 23.0 Å². The van der Waals surface area contributed by atoms with Crippen molar-refractivity contribution in [1.29, 1.82) is 0 Å². The van der Waals surface area contributed by atoms with E-state index in [9.17, 15) is 9.59 Å². The summed E-state index contributed by atoms with van der Waals surface area (Å²) in [7, 11) is 4.77. The summed E-state index contributed by atoms with van der Waals surface area (Å²) >= 11 is 0. The highest BCUT2D eigenvalue weighted by Crippen LogP contribution is 2.40. The van der Waals surface area contributed by atoms with E-state index in [-0.39, 0.29) is 23.7 Å². The van der Waals surface area contributed by atoms with Crippen LogP contribution in [0.15, 0.2) is 33.7 Å². The van der Waals surface area contributed by atoms with Gasteiger partial charge in [0.25, 0.3) is 5.91 Å². The molecule has 0 spiro atoms. The second kappa shape index (κ2) is 10.2.